The minimum absolute atomic E-state index is 0.135. The van der Waals surface area contributed by atoms with E-state index in [9.17, 15) is 9.59 Å². The third kappa shape index (κ3) is 4.45. The Balaban J connectivity index is 1.53. The van der Waals surface area contributed by atoms with Crippen LogP contribution in [0.15, 0.2) is 62.2 Å². The summed E-state index contributed by atoms with van der Waals surface area (Å²) in [5, 5.41) is 8.21. The number of aryl methyl sites for hydroxylation is 2. The van der Waals surface area contributed by atoms with Crippen molar-refractivity contribution >= 4 is 38.6 Å². The molecule has 4 rings (SSSR count). The Morgan fingerprint density at radius 1 is 1.19 bits per heavy atom. The number of nitrogens with one attached hydrogen (secondary N) is 1. The number of amides is 1. The first kappa shape index (κ1) is 21.8. The maximum Gasteiger partial charge on any atom is 0.339 e. The van der Waals surface area contributed by atoms with E-state index in [1.54, 1.807) is 17.9 Å². The zero-order valence-corrected chi connectivity index (χ0v) is 19.5. The van der Waals surface area contributed by atoms with Gasteiger partial charge in [-0.3, -0.25) is 4.79 Å². The summed E-state index contributed by atoms with van der Waals surface area (Å²) in [4.78, 5) is 25.2. The number of carbonyl (C=O) groups excluding carboxylic acids is 1. The van der Waals surface area contributed by atoms with Crippen molar-refractivity contribution in [1.82, 2.24) is 9.78 Å². The Labute approximate surface area is 193 Å². The van der Waals surface area contributed by atoms with Gasteiger partial charge in [-0.15, -0.1) is 0 Å². The van der Waals surface area contributed by atoms with E-state index in [0.717, 1.165) is 26.8 Å². The molecule has 0 radical (unpaired) electrons. The van der Waals surface area contributed by atoms with Gasteiger partial charge in [-0.1, -0.05) is 22.0 Å². The molecule has 0 spiro atoms. The van der Waals surface area contributed by atoms with Crippen LogP contribution in [0.3, 0.4) is 0 Å². The van der Waals surface area contributed by atoms with Crippen molar-refractivity contribution in [3.8, 4) is 11.4 Å². The van der Waals surface area contributed by atoms with Crippen LogP contribution >= 0.6 is 15.9 Å². The summed E-state index contributed by atoms with van der Waals surface area (Å²) < 4.78 is 13.3. The topological polar surface area (TPSA) is 86.4 Å². The molecule has 0 saturated heterocycles. The van der Waals surface area contributed by atoms with Crippen LogP contribution in [0, 0.1) is 13.8 Å². The summed E-state index contributed by atoms with van der Waals surface area (Å²) in [5.41, 5.74) is 2.93. The highest BCUT2D eigenvalue weighted by atomic mass is 79.9. The van der Waals surface area contributed by atoms with Crippen LogP contribution in [0.1, 0.15) is 23.2 Å². The Bertz CT molecular complexity index is 1370. The highest BCUT2D eigenvalue weighted by Gasteiger charge is 2.15. The smallest absolute Gasteiger partial charge is 0.339 e. The molecule has 2 heterocycles. The van der Waals surface area contributed by atoms with Crippen molar-refractivity contribution < 1.29 is 13.9 Å². The van der Waals surface area contributed by atoms with Gasteiger partial charge in [0, 0.05) is 34.0 Å². The van der Waals surface area contributed by atoms with Gasteiger partial charge < -0.3 is 14.5 Å². The van der Waals surface area contributed by atoms with Crippen molar-refractivity contribution in [2.24, 2.45) is 0 Å². The van der Waals surface area contributed by atoms with E-state index in [1.165, 1.54) is 0 Å². The largest absolute Gasteiger partial charge is 0.497 e. The second-order valence-corrected chi connectivity index (χ2v) is 8.38. The molecule has 2 aromatic carbocycles. The van der Waals surface area contributed by atoms with Gasteiger partial charge in [-0.05, 0) is 56.2 Å². The van der Waals surface area contributed by atoms with Gasteiger partial charge in [0.15, 0.2) is 0 Å². The number of rotatable bonds is 6. The maximum absolute atomic E-state index is 12.7. The van der Waals surface area contributed by atoms with E-state index in [-0.39, 0.29) is 18.7 Å². The molecule has 0 aliphatic rings. The van der Waals surface area contributed by atoms with Gasteiger partial charge in [0.25, 0.3) is 0 Å². The molecule has 0 aliphatic heterocycles. The fraction of sp³-hybridized carbons (Fsp3) is 0.208. The predicted octanol–water partition coefficient (Wildman–Crippen LogP) is 4.94. The van der Waals surface area contributed by atoms with E-state index in [1.807, 2.05) is 56.3 Å². The van der Waals surface area contributed by atoms with E-state index in [2.05, 4.69) is 26.3 Å². The molecule has 0 saturated carbocycles. The Morgan fingerprint density at radius 2 is 2.00 bits per heavy atom. The molecular formula is C24H22BrN3O4. The fourth-order valence-corrected chi connectivity index (χ4v) is 4.01. The monoisotopic (exact) mass is 495 g/mol. The average Bonchev–Trinajstić information content (AvgIpc) is 3.13. The van der Waals surface area contributed by atoms with E-state index in [0.29, 0.717) is 22.7 Å². The molecule has 0 bridgehead atoms. The third-order valence-electron chi connectivity index (χ3n) is 5.25. The average molecular weight is 496 g/mol. The van der Waals surface area contributed by atoms with E-state index >= 15 is 0 Å². The van der Waals surface area contributed by atoms with Crippen LogP contribution in [-0.4, -0.2) is 22.8 Å². The van der Waals surface area contributed by atoms with Crippen molar-refractivity contribution in [2.45, 2.75) is 26.7 Å². The van der Waals surface area contributed by atoms with Crippen molar-refractivity contribution in [3.63, 3.8) is 0 Å². The lowest BCUT2D eigenvalue weighted by Gasteiger charge is -2.11. The molecule has 1 amide bonds. The lowest BCUT2D eigenvalue weighted by Crippen LogP contribution is -2.18. The fourth-order valence-electron chi connectivity index (χ4n) is 3.63. The number of methoxy groups -OCH3 is 1. The van der Waals surface area contributed by atoms with Gasteiger partial charge in [-0.25, -0.2) is 9.48 Å². The van der Waals surface area contributed by atoms with E-state index in [4.69, 9.17) is 9.15 Å². The molecule has 2 aromatic heterocycles. The molecule has 1 N–H and O–H groups in total. The number of halogens is 1. The number of benzene rings is 2. The number of hydrogen-bond donors (Lipinski definition) is 1. The van der Waals surface area contributed by atoms with Crippen LogP contribution in [-0.2, 0) is 11.2 Å². The lowest BCUT2D eigenvalue weighted by atomic mass is 10.0. The van der Waals surface area contributed by atoms with Gasteiger partial charge >= 0.3 is 5.63 Å². The highest BCUT2D eigenvalue weighted by molar-refractivity contribution is 9.10. The molecule has 4 aromatic rings. The highest BCUT2D eigenvalue weighted by Crippen LogP contribution is 2.25. The number of carbonyl (C=O) groups is 1. The molecule has 0 fully saturated rings. The summed E-state index contributed by atoms with van der Waals surface area (Å²) in [5.74, 6) is 0.972. The number of ether oxygens (including phenoxy) is 1. The van der Waals surface area contributed by atoms with Gasteiger partial charge in [-0.2, -0.15) is 5.10 Å². The molecule has 0 aliphatic carbocycles. The second-order valence-electron chi connectivity index (χ2n) is 7.47. The molecular weight excluding hydrogens is 474 g/mol. The van der Waals surface area contributed by atoms with Gasteiger partial charge in [0.2, 0.25) is 5.91 Å². The lowest BCUT2D eigenvalue weighted by molar-refractivity contribution is -0.116. The molecule has 8 heteroatoms. The van der Waals surface area contributed by atoms with E-state index < -0.39 is 5.63 Å². The molecule has 32 heavy (non-hydrogen) atoms. The predicted molar refractivity (Wildman–Crippen MR) is 127 cm³/mol. The summed E-state index contributed by atoms with van der Waals surface area (Å²) in [7, 11) is 1.56. The summed E-state index contributed by atoms with van der Waals surface area (Å²) in [6.45, 7) is 3.73. The Hall–Kier alpha value is -3.39. The van der Waals surface area contributed by atoms with Crippen LogP contribution in [0.5, 0.6) is 5.75 Å². The van der Waals surface area contributed by atoms with Crippen LogP contribution in [0.25, 0.3) is 16.7 Å². The quantitative estimate of drug-likeness (QED) is 0.383. The number of hydrogen-bond acceptors (Lipinski definition) is 5. The summed E-state index contributed by atoms with van der Waals surface area (Å²) in [6.07, 6.45) is 0.405. The van der Waals surface area contributed by atoms with Crippen molar-refractivity contribution in [3.05, 3.63) is 80.2 Å². The maximum atomic E-state index is 12.7. The Morgan fingerprint density at radius 3 is 2.75 bits per heavy atom. The van der Waals surface area contributed by atoms with Crippen molar-refractivity contribution in [1.29, 1.82) is 0 Å². The van der Waals surface area contributed by atoms with Gasteiger partial charge in [0.05, 0.1) is 18.5 Å². The number of fused-ring (bicyclic) bond motifs is 1. The number of anilines is 1. The molecule has 164 valence electrons. The SMILES string of the molecule is COc1ccc2c(C)c(CCC(=O)Nc3cc(C)nn3-c3cccc(Br)c3)c(=O)oc2c1. The molecule has 7 nitrogen and oxygen atoms in total. The first-order chi connectivity index (χ1) is 15.4. The normalized spacial score (nSPS) is 11.0. The first-order valence-electron chi connectivity index (χ1n) is 10.1. The van der Waals surface area contributed by atoms with Crippen LogP contribution < -0.4 is 15.7 Å². The minimum Gasteiger partial charge on any atom is -0.497 e. The first-order valence-corrected chi connectivity index (χ1v) is 10.9. The summed E-state index contributed by atoms with van der Waals surface area (Å²) >= 11 is 3.46. The Kier molecular flexibility index (Phi) is 6.14. The standard InChI is InChI=1S/C24H22BrN3O4/c1-14-11-22(28(27-14)17-6-4-5-16(25)12-17)26-23(29)10-9-20-15(2)19-8-7-18(31-3)13-21(19)32-24(20)30/h4-8,11-13H,9-10H2,1-3H3,(H,26,29). The number of aromatic nitrogens is 2. The van der Waals surface area contributed by atoms with Crippen LogP contribution in [0.2, 0.25) is 0 Å². The zero-order chi connectivity index (χ0) is 22.8. The third-order valence-corrected chi connectivity index (χ3v) is 5.74. The zero-order valence-electron chi connectivity index (χ0n) is 17.9. The molecule has 0 atom stereocenters. The summed E-state index contributed by atoms with van der Waals surface area (Å²) in [6, 6.07) is 14.8. The minimum atomic E-state index is -0.439. The van der Waals surface area contributed by atoms with Crippen LogP contribution in [0.4, 0.5) is 5.82 Å². The second kappa shape index (κ2) is 9.00. The number of nitrogens with zero attached hydrogens (tertiary/aromatic N) is 2. The van der Waals surface area contributed by atoms with Gasteiger partial charge in [0.1, 0.15) is 17.2 Å². The van der Waals surface area contributed by atoms with Crippen molar-refractivity contribution in [2.75, 3.05) is 12.4 Å². The molecule has 0 unspecified atom stereocenters.